The van der Waals surface area contributed by atoms with Gasteiger partial charge in [-0.2, -0.15) is 5.26 Å². The molecule has 1 unspecified atom stereocenters. The minimum absolute atomic E-state index is 0.138. The number of nitriles is 1. The number of carbonyl (C=O) groups is 1. The molecule has 2 aromatic heterocycles. The molecule has 5 rings (SSSR count). The zero-order valence-corrected chi connectivity index (χ0v) is 17.9. The fraction of sp³-hybridized carbons (Fsp3) is 0.304. The van der Waals surface area contributed by atoms with Crippen LogP contribution >= 0.6 is 0 Å². The fourth-order valence-corrected chi connectivity index (χ4v) is 4.05. The van der Waals surface area contributed by atoms with Crippen LogP contribution in [0.15, 0.2) is 47.5 Å². The average Bonchev–Trinajstić information content (AvgIpc) is 3.55. The van der Waals surface area contributed by atoms with Crippen molar-refractivity contribution in [3.05, 3.63) is 54.4 Å². The van der Waals surface area contributed by atoms with E-state index in [9.17, 15) is 10.1 Å². The van der Waals surface area contributed by atoms with Gasteiger partial charge in [0.25, 0.3) is 5.91 Å². The monoisotopic (exact) mass is 447 g/mol. The van der Waals surface area contributed by atoms with Crippen LogP contribution in [0.2, 0.25) is 0 Å². The van der Waals surface area contributed by atoms with Gasteiger partial charge < -0.3 is 28.4 Å². The molecule has 1 atom stereocenters. The van der Waals surface area contributed by atoms with Crippen molar-refractivity contribution in [3.8, 4) is 23.4 Å². The van der Waals surface area contributed by atoms with Gasteiger partial charge in [-0.25, -0.2) is 9.97 Å². The second-order valence-electron chi connectivity index (χ2n) is 7.64. The summed E-state index contributed by atoms with van der Waals surface area (Å²) in [6.45, 7) is 2.14. The van der Waals surface area contributed by atoms with Crippen LogP contribution in [0, 0.1) is 11.3 Å². The number of benzene rings is 1. The number of hydrogen-bond acceptors (Lipinski definition) is 9. The van der Waals surface area contributed by atoms with Gasteiger partial charge in [0.2, 0.25) is 11.6 Å². The van der Waals surface area contributed by atoms with Gasteiger partial charge in [0.05, 0.1) is 44.0 Å². The summed E-state index contributed by atoms with van der Waals surface area (Å²) in [5.41, 5.74) is 1.94. The number of methoxy groups -OCH3 is 1. The van der Waals surface area contributed by atoms with E-state index in [4.69, 9.17) is 18.6 Å². The molecule has 0 N–H and O–H groups in total. The van der Waals surface area contributed by atoms with Crippen LogP contribution < -0.4 is 19.1 Å². The number of amides is 1. The van der Waals surface area contributed by atoms with Crippen molar-refractivity contribution < 1.29 is 23.4 Å². The molecule has 0 radical (unpaired) electrons. The number of aromatic nitrogens is 2. The number of nitrogens with zero attached hydrogens (tertiary/aromatic N) is 5. The molecule has 2 aliphatic rings. The quantitative estimate of drug-likeness (QED) is 0.582. The zero-order valence-electron chi connectivity index (χ0n) is 17.9. The summed E-state index contributed by atoms with van der Waals surface area (Å²) in [4.78, 5) is 24.3. The van der Waals surface area contributed by atoms with Crippen LogP contribution in [0.1, 0.15) is 22.5 Å². The molecule has 0 saturated carbocycles. The van der Waals surface area contributed by atoms with E-state index >= 15 is 0 Å². The van der Waals surface area contributed by atoms with Crippen molar-refractivity contribution in [1.82, 2.24) is 14.9 Å². The van der Waals surface area contributed by atoms with Crippen LogP contribution in [-0.4, -0.2) is 60.2 Å². The molecular formula is C23H21N5O5. The Bertz CT molecular complexity index is 1210. The number of carbonyl (C=O) groups excluding carboxylic acids is 1. The molecule has 1 aromatic carbocycles. The summed E-state index contributed by atoms with van der Waals surface area (Å²) in [7, 11) is 1.49. The number of oxazole rings is 1. The number of fused-ring (bicyclic) bond motifs is 1. The minimum Gasteiger partial charge on any atom is -0.490 e. The number of pyridine rings is 1. The van der Waals surface area contributed by atoms with Gasteiger partial charge in [-0.3, -0.25) is 4.79 Å². The maximum absolute atomic E-state index is 12.5. The number of hydrogen-bond donors (Lipinski definition) is 0. The predicted octanol–water partition coefficient (Wildman–Crippen LogP) is 2.77. The highest BCUT2D eigenvalue weighted by molar-refractivity contribution is 5.91. The number of rotatable bonds is 5. The normalized spacial score (nSPS) is 17.2. The number of ether oxygens (including phenoxy) is 3. The SMILES string of the molecule is COc1ncc(N2CCOc3ccc(OC4CCN(C(=O)c5cnco5)C4)cc32)cc1C#N. The first-order valence-electron chi connectivity index (χ1n) is 10.5. The Morgan fingerprint density at radius 1 is 1.27 bits per heavy atom. The molecule has 0 spiro atoms. The largest absolute Gasteiger partial charge is 0.490 e. The molecule has 10 heteroatoms. The van der Waals surface area contributed by atoms with Crippen molar-refractivity contribution in [3.63, 3.8) is 0 Å². The van der Waals surface area contributed by atoms with E-state index in [1.165, 1.54) is 19.7 Å². The average molecular weight is 447 g/mol. The van der Waals surface area contributed by atoms with Crippen LogP contribution in [0.4, 0.5) is 11.4 Å². The number of likely N-dealkylation sites (tertiary alicyclic amines) is 1. The van der Waals surface area contributed by atoms with E-state index in [0.29, 0.717) is 44.0 Å². The van der Waals surface area contributed by atoms with Crippen molar-refractivity contribution >= 4 is 17.3 Å². The molecule has 3 aromatic rings. The van der Waals surface area contributed by atoms with E-state index in [2.05, 4.69) is 16.0 Å². The van der Waals surface area contributed by atoms with E-state index in [-0.39, 0.29) is 23.7 Å². The molecule has 168 valence electrons. The van der Waals surface area contributed by atoms with Crippen LogP contribution in [-0.2, 0) is 0 Å². The molecule has 1 saturated heterocycles. The van der Waals surface area contributed by atoms with E-state index in [1.807, 2.05) is 23.1 Å². The maximum atomic E-state index is 12.5. The minimum atomic E-state index is -0.191. The molecule has 1 fully saturated rings. The van der Waals surface area contributed by atoms with E-state index < -0.39 is 0 Å². The second-order valence-corrected chi connectivity index (χ2v) is 7.64. The number of anilines is 2. The molecule has 10 nitrogen and oxygen atoms in total. The highest BCUT2D eigenvalue weighted by Gasteiger charge is 2.30. The standard InChI is InChI=1S/C23H21N5O5/c1-30-22-15(10-24)8-16(11-26-22)28-6-7-31-20-3-2-17(9-19(20)28)33-18-4-5-27(13-18)23(29)21-12-25-14-32-21/h2-3,8-9,11-12,14,18H,4-7,13H2,1H3. The molecule has 1 amide bonds. The summed E-state index contributed by atoms with van der Waals surface area (Å²) in [5.74, 6) is 1.71. The lowest BCUT2D eigenvalue weighted by Gasteiger charge is -2.31. The van der Waals surface area contributed by atoms with E-state index in [0.717, 1.165) is 17.1 Å². The van der Waals surface area contributed by atoms with Gasteiger partial charge >= 0.3 is 0 Å². The summed E-state index contributed by atoms with van der Waals surface area (Å²) in [5, 5.41) is 9.42. The van der Waals surface area contributed by atoms with Crippen molar-refractivity contribution in [2.45, 2.75) is 12.5 Å². The summed E-state index contributed by atoms with van der Waals surface area (Å²) < 4.78 is 22.3. The van der Waals surface area contributed by atoms with Crippen molar-refractivity contribution in [1.29, 1.82) is 5.26 Å². The van der Waals surface area contributed by atoms with Crippen LogP contribution in [0.3, 0.4) is 0 Å². The van der Waals surface area contributed by atoms with Crippen molar-refractivity contribution in [2.75, 3.05) is 38.3 Å². The smallest absolute Gasteiger partial charge is 0.291 e. The van der Waals surface area contributed by atoms with E-state index in [1.54, 1.807) is 17.2 Å². The van der Waals surface area contributed by atoms with Gasteiger partial charge in [0.15, 0.2) is 6.39 Å². The summed E-state index contributed by atoms with van der Waals surface area (Å²) in [6.07, 6.45) is 4.91. The van der Waals surface area contributed by atoms with Crippen molar-refractivity contribution in [2.24, 2.45) is 0 Å². The Balaban J connectivity index is 1.34. The third-order valence-corrected chi connectivity index (χ3v) is 5.63. The Hall–Kier alpha value is -4.26. The van der Waals surface area contributed by atoms with Crippen LogP contribution in [0.5, 0.6) is 17.4 Å². The lowest BCUT2D eigenvalue weighted by atomic mass is 10.2. The first-order valence-corrected chi connectivity index (χ1v) is 10.5. The topological polar surface area (TPSA) is 114 Å². The van der Waals surface area contributed by atoms with Crippen LogP contribution in [0.25, 0.3) is 0 Å². The van der Waals surface area contributed by atoms with Gasteiger partial charge in [0.1, 0.15) is 35.8 Å². The molecule has 2 aliphatic heterocycles. The molecular weight excluding hydrogens is 426 g/mol. The highest BCUT2D eigenvalue weighted by Crippen LogP contribution is 2.40. The van der Waals surface area contributed by atoms with Gasteiger partial charge in [-0.05, 0) is 18.2 Å². The first kappa shape index (κ1) is 20.6. The Morgan fingerprint density at radius 2 is 2.18 bits per heavy atom. The molecule has 0 aliphatic carbocycles. The molecule has 33 heavy (non-hydrogen) atoms. The second kappa shape index (κ2) is 8.70. The maximum Gasteiger partial charge on any atom is 0.291 e. The summed E-state index contributed by atoms with van der Waals surface area (Å²) in [6, 6.07) is 9.50. The third kappa shape index (κ3) is 4.01. The fourth-order valence-electron chi connectivity index (χ4n) is 4.05. The molecule has 4 heterocycles. The lowest BCUT2D eigenvalue weighted by Crippen LogP contribution is -2.31. The lowest BCUT2D eigenvalue weighted by molar-refractivity contribution is 0.0741. The Kier molecular flexibility index (Phi) is 5.44. The third-order valence-electron chi connectivity index (χ3n) is 5.63. The zero-order chi connectivity index (χ0) is 22.8. The van der Waals surface area contributed by atoms with Gasteiger partial charge in [0, 0.05) is 19.0 Å². The Morgan fingerprint density at radius 3 is 2.97 bits per heavy atom. The molecule has 0 bridgehead atoms. The first-order chi connectivity index (χ1) is 16.2. The Labute approximate surface area is 189 Å². The van der Waals surface area contributed by atoms with Gasteiger partial charge in [-0.15, -0.1) is 0 Å². The summed E-state index contributed by atoms with van der Waals surface area (Å²) >= 11 is 0. The van der Waals surface area contributed by atoms with Gasteiger partial charge in [-0.1, -0.05) is 0 Å². The highest BCUT2D eigenvalue weighted by atomic mass is 16.5. The predicted molar refractivity (Wildman–Crippen MR) is 116 cm³/mol.